The number of amides is 1. The molecular weight excluding hydrogens is 697 g/mol. The highest BCUT2D eigenvalue weighted by atomic mass is 16.7. The first-order valence-electron chi connectivity index (χ1n) is 19.8. The van der Waals surface area contributed by atoms with E-state index in [9.17, 15) is 15.0 Å². The Hall–Kier alpha value is -4.64. The van der Waals surface area contributed by atoms with Crippen LogP contribution >= 0.6 is 0 Å². The molecule has 3 aromatic carbocycles. The minimum Gasteiger partial charge on any atom is -0.459 e. The number of unbranched alkanes of at least 4 members (excludes halogenated alkanes) is 2. The third-order valence-corrected chi connectivity index (χ3v) is 11.2. The molecule has 2 N–H and O–H groups in total. The van der Waals surface area contributed by atoms with Crippen LogP contribution in [0.5, 0.6) is 17.2 Å². The summed E-state index contributed by atoms with van der Waals surface area (Å²) >= 11 is 0. The van der Waals surface area contributed by atoms with Gasteiger partial charge in [-0.2, -0.15) is 0 Å². The fourth-order valence-electron chi connectivity index (χ4n) is 8.76. The smallest absolute Gasteiger partial charge is 0.409 e. The van der Waals surface area contributed by atoms with E-state index in [-0.39, 0.29) is 44.2 Å². The Labute approximate surface area is 325 Å². The van der Waals surface area contributed by atoms with Crippen molar-refractivity contribution in [3.8, 4) is 17.2 Å². The molecule has 6 atom stereocenters. The Morgan fingerprint density at radius 3 is 2.47 bits per heavy atom. The fraction of sp³-hybridized carbons (Fsp3) is 0.467. The predicted molar refractivity (Wildman–Crippen MR) is 215 cm³/mol. The predicted octanol–water partition coefficient (Wildman–Crippen LogP) is 8.93. The van der Waals surface area contributed by atoms with Gasteiger partial charge in [0, 0.05) is 38.2 Å². The summed E-state index contributed by atoms with van der Waals surface area (Å²) in [4.78, 5) is 21.1. The average Bonchev–Trinajstić information content (AvgIpc) is 3.20. The molecule has 0 saturated heterocycles. The molecule has 10 heteroatoms. The van der Waals surface area contributed by atoms with Crippen LogP contribution in [0.25, 0.3) is 10.8 Å². The lowest BCUT2D eigenvalue weighted by atomic mass is 9.55. The number of likely N-dealkylation sites (N-methyl/N-ethyl adjacent to an activating group) is 1. The number of nitrogens with zero attached hydrogens (tertiary/aromatic N) is 2. The van der Waals surface area contributed by atoms with E-state index in [4.69, 9.17) is 28.9 Å². The first-order valence-corrected chi connectivity index (χ1v) is 19.8. The number of hydrogen-bond donors (Lipinski definition) is 2. The van der Waals surface area contributed by atoms with Crippen molar-refractivity contribution in [3.63, 3.8) is 0 Å². The van der Waals surface area contributed by atoms with Gasteiger partial charge in [0.2, 0.25) is 5.79 Å². The van der Waals surface area contributed by atoms with Gasteiger partial charge in [0.15, 0.2) is 0 Å². The van der Waals surface area contributed by atoms with Crippen molar-refractivity contribution in [3.05, 3.63) is 103 Å². The molecule has 3 aliphatic rings. The van der Waals surface area contributed by atoms with Gasteiger partial charge in [0.05, 0.1) is 24.8 Å². The second-order valence-electron chi connectivity index (χ2n) is 14.6. The molecule has 0 aromatic heterocycles. The van der Waals surface area contributed by atoms with Crippen LogP contribution in [0.1, 0.15) is 69.8 Å². The Kier molecular flexibility index (Phi) is 13.7. The number of carbonyl (C=O) groups excluding carboxylic acids is 1. The molecule has 1 fully saturated rings. The first kappa shape index (κ1) is 40.0. The van der Waals surface area contributed by atoms with Crippen molar-refractivity contribution in [1.29, 1.82) is 0 Å². The number of carbonyl (C=O) groups is 1. The highest BCUT2D eigenvalue weighted by Gasteiger charge is 2.65. The largest absolute Gasteiger partial charge is 0.459 e. The van der Waals surface area contributed by atoms with E-state index in [0.717, 1.165) is 59.1 Å². The lowest BCUT2D eigenvalue weighted by Gasteiger charge is -2.59. The zero-order chi connectivity index (χ0) is 38.8. The SMILES string of the molecule is C=CCCOC(=O)N(C)[C@H]1CC(=NOCC)C2=C[C@H](CCCCO)[C@@H](CCCCO)[C@@H]3c4cc(Oc5ccc6ccccc6c5)ccc4O[C@@]1(OCC=C)[C@H]23. The van der Waals surface area contributed by atoms with Gasteiger partial charge in [0.25, 0.3) is 0 Å². The average molecular weight is 753 g/mol. The third kappa shape index (κ3) is 8.62. The van der Waals surface area contributed by atoms with Crippen LogP contribution in [0.4, 0.5) is 4.79 Å². The highest BCUT2D eigenvalue weighted by Crippen LogP contribution is 2.62. The van der Waals surface area contributed by atoms with Gasteiger partial charge in [-0.25, -0.2) is 4.79 Å². The number of oxime groups is 1. The number of fused-ring (bicyclic) bond motifs is 3. The van der Waals surface area contributed by atoms with Gasteiger partial charge in [-0.05, 0) is 97.5 Å². The molecule has 0 bridgehead atoms. The van der Waals surface area contributed by atoms with Crippen molar-refractivity contribution in [2.45, 2.75) is 76.0 Å². The van der Waals surface area contributed by atoms with Crippen LogP contribution in [-0.2, 0) is 14.3 Å². The van der Waals surface area contributed by atoms with Crippen molar-refractivity contribution >= 4 is 22.6 Å². The molecule has 294 valence electrons. The van der Waals surface area contributed by atoms with Gasteiger partial charge in [-0.3, -0.25) is 0 Å². The van der Waals surface area contributed by atoms with Crippen LogP contribution in [-0.4, -0.2) is 78.8 Å². The Balaban J connectivity index is 1.53. The van der Waals surface area contributed by atoms with E-state index in [1.807, 2.05) is 43.3 Å². The van der Waals surface area contributed by atoms with E-state index < -0.39 is 23.8 Å². The summed E-state index contributed by atoms with van der Waals surface area (Å²) in [5, 5.41) is 26.6. The van der Waals surface area contributed by atoms with Crippen molar-refractivity contribution < 1.29 is 38.8 Å². The van der Waals surface area contributed by atoms with Crippen LogP contribution in [0, 0.1) is 17.8 Å². The molecule has 0 radical (unpaired) electrons. The van der Waals surface area contributed by atoms with Crippen LogP contribution < -0.4 is 9.47 Å². The third-order valence-electron chi connectivity index (χ3n) is 11.2. The van der Waals surface area contributed by atoms with Gasteiger partial charge in [0.1, 0.15) is 29.9 Å². The number of hydrogen-bond acceptors (Lipinski definition) is 9. The van der Waals surface area contributed by atoms with E-state index in [0.29, 0.717) is 43.8 Å². The molecular formula is C45H56N2O8. The van der Waals surface area contributed by atoms with E-state index in [1.165, 1.54) is 0 Å². The van der Waals surface area contributed by atoms with Crippen LogP contribution in [0.2, 0.25) is 0 Å². The van der Waals surface area contributed by atoms with Crippen molar-refractivity contribution in [2.24, 2.45) is 22.9 Å². The molecule has 1 amide bonds. The zero-order valence-corrected chi connectivity index (χ0v) is 32.2. The molecule has 55 heavy (non-hydrogen) atoms. The number of aliphatic hydroxyl groups excluding tert-OH is 2. The summed E-state index contributed by atoms with van der Waals surface area (Å²) in [6, 6.07) is 19.6. The molecule has 1 heterocycles. The first-order chi connectivity index (χ1) is 26.9. The molecule has 6 rings (SSSR count). The maximum absolute atomic E-state index is 13.7. The monoisotopic (exact) mass is 752 g/mol. The standard InChI is InChI=1S/C45H56N2O8/c1-5-8-26-51-44(50)47(4)41-30-39(46-53-7-3)37-28-33(17-11-13-23-48)36(18-12-14-24-49)42-38-29-35(54-34-20-19-31-15-9-10-16-32(31)27-34)21-22-40(38)55-45(41,43(37)42)52-25-6-2/h5-6,9-10,15-16,19-22,27-29,33,36,41-43,48-49H,1-2,7-8,11-14,17-18,23-26,30H2,3-4H3/t33-,36+,41-,42+,43+,45+/m0/s1. The maximum Gasteiger partial charge on any atom is 0.409 e. The Morgan fingerprint density at radius 1 is 0.982 bits per heavy atom. The fourth-order valence-corrected chi connectivity index (χ4v) is 8.76. The highest BCUT2D eigenvalue weighted by molar-refractivity contribution is 6.03. The van der Waals surface area contributed by atoms with Crippen LogP contribution in [0.3, 0.4) is 0 Å². The molecule has 0 spiro atoms. The van der Waals surface area contributed by atoms with E-state index in [2.05, 4.69) is 43.5 Å². The van der Waals surface area contributed by atoms with Crippen molar-refractivity contribution in [2.75, 3.05) is 40.1 Å². The van der Waals surface area contributed by atoms with Gasteiger partial charge >= 0.3 is 6.09 Å². The van der Waals surface area contributed by atoms with Gasteiger partial charge < -0.3 is 38.9 Å². The zero-order valence-electron chi connectivity index (χ0n) is 32.2. The normalized spacial score (nSPS) is 24.5. The summed E-state index contributed by atoms with van der Waals surface area (Å²) in [6.07, 6.45) is 10.8. The number of rotatable bonds is 19. The Bertz CT molecular complexity index is 1860. The minimum absolute atomic E-state index is 0.0983. The maximum atomic E-state index is 13.7. The molecule has 10 nitrogen and oxygen atoms in total. The molecule has 1 saturated carbocycles. The second kappa shape index (κ2) is 18.8. The van der Waals surface area contributed by atoms with Gasteiger partial charge in [-0.1, -0.05) is 66.6 Å². The molecule has 1 aliphatic heterocycles. The van der Waals surface area contributed by atoms with Crippen molar-refractivity contribution in [1.82, 2.24) is 4.90 Å². The molecule has 2 aliphatic carbocycles. The molecule has 0 unspecified atom stereocenters. The van der Waals surface area contributed by atoms with Crippen LogP contribution in [0.15, 0.2) is 103 Å². The summed E-state index contributed by atoms with van der Waals surface area (Å²) in [6.45, 7) is 10.6. The van der Waals surface area contributed by atoms with E-state index >= 15 is 0 Å². The topological polar surface area (TPSA) is 119 Å². The summed E-state index contributed by atoms with van der Waals surface area (Å²) in [7, 11) is 1.72. The van der Waals surface area contributed by atoms with E-state index in [1.54, 1.807) is 24.1 Å². The number of allylic oxidation sites excluding steroid dienone is 1. The number of aliphatic hydroxyl groups is 2. The summed E-state index contributed by atoms with van der Waals surface area (Å²) < 4.78 is 26.4. The second-order valence-corrected chi connectivity index (χ2v) is 14.6. The lowest BCUT2D eigenvalue weighted by Crippen LogP contribution is -2.69. The quantitative estimate of drug-likeness (QED) is 0.0708. The number of ether oxygens (including phenoxy) is 4. The summed E-state index contributed by atoms with van der Waals surface area (Å²) in [5.74, 6) is 0.365. The Morgan fingerprint density at radius 2 is 1.73 bits per heavy atom. The van der Waals surface area contributed by atoms with Gasteiger partial charge in [-0.15, -0.1) is 13.2 Å². The lowest BCUT2D eigenvalue weighted by molar-refractivity contribution is -0.253. The summed E-state index contributed by atoms with van der Waals surface area (Å²) in [5.41, 5.74) is 2.70. The minimum atomic E-state index is -1.35. The molecule has 3 aromatic rings. The number of benzene rings is 3.